The van der Waals surface area contributed by atoms with Crippen molar-refractivity contribution in [1.82, 2.24) is 4.31 Å². The van der Waals surface area contributed by atoms with E-state index in [1.165, 1.54) is 11.9 Å². The number of nitrogens with zero attached hydrogens (tertiary/aromatic N) is 1. The summed E-state index contributed by atoms with van der Waals surface area (Å²) in [4.78, 5) is 10.8. The van der Waals surface area contributed by atoms with Crippen molar-refractivity contribution in [1.29, 1.82) is 0 Å². The van der Waals surface area contributed by atoms with E-state index in [1.54, 1.807) is 4.31 Å². The molecule has 0 unspecified atom stereocenters. The molecule has 0 bridgehead atoms. The van der Waals surface area contributed by atoms with Gasteiger partial charge in [0.1, 0.15) is 0 Å². The van der Waals surface area contributed by atoms with Gasteiger partial charge in [-0.15, -0.1) is 11.6 Å². The molecular formula is C5H8ClNOS. The molecule has 4 heteroatoms. The quantitative estimate of drug-likeness (QED) is 0.456. The van der Waals surface area contributed by atoms with Crippen LogP contribution in [0, 0.1) is 0 Å². The van der Waals surface area contributed by atoms with Crippen LogP contribution in [0.4, 0.5) is 0 Å². The van der Waals surface area contributed by atoms with Gasteiger partial charge in [-0.05, 0) is 18.4 Å². The number of halogens is 1. The third-order valence-corrected chi connectivity index (χ3v) is 2.32. The van der Waals surface area contributed by atoms with E-state index in [0.29, 0.717) is 11.6 Å². The first kappa shape index (κ1) is 7.22. The molecule has 0 aromatic heterocycles. The van der Waals surface area contributed by atoms with Gasteiger partial charge in [-0.3, -0.25) is 9.10 Å². The van der Waals surface area contributed by atoms with E-state index in [9.17, 15) is 4.79 Å². The molecule has 1 saturated heterocycles. The van der Waals surface area contributed by atoms with Crippen molar-refractivity contribution < 1.29 is 4.79 Å². The molecule has 0 N–H and O–H groups in total. The molecule has 1 fully saturated rings. The minimum absolute atomic E-state index is 0.223. The van der Waals surface area contributed by atoms with Crippen LogP contribution in [0.5, 0.6) is 0 Å². The Hall–Kier alpha value is 0.110. The normalized spacial score (nSPS) is 19.2. The molecule has 1 rings (SSSR count). The minimum atomic E-state index is 0.223. The van der Waals surface area contributed by atoms with Gasteiger partial charge in [0.05, 0.1) is 5.21 Å². The molecule has 0 aliphatic carbocycles. The summed E-state index contributed by atoms with van der Waals surface area (Å²) >= 11 is 6.81. The number of carbonyl (C=O) groups is 1. The van der Waals surface area contributed by atoms with E-state index >= 15 is 0 Å². The molecule has 0 aromatic rings. The molecule has 2 nitrogen and oxygen atoms in total. The minimum Gasteiger partial charge on any atom is -0.285 e. The Morgan fingerprint density at radius 1 is 1.78 bits per heavy atom. The Morgan fingerprint density at radius 3 is 3.00 bits per heavy atom. The van der Waals surface area contributed by atoms with Crippen LogP contribution in [0.25, 0.3) is 0 Å². The van der Waals surface area contributed by atoms with Crippen LogP contribution in [0.3, 0.4) is 0 Å². The first-order valence-electron chi connectivity index (χ1n) is 2.84. The van der Waals surface area contributed by atoms with Crippen molar-refractivity contribution in [3.8, 4) is 0 Å². The summed E-state index contributed by atoms with van der Waals surface area (Å²) in [6.45, 7) is 0.871. The predicted molar refractivity (Wildman–Crippen MR) is 39.3 cm³/mol. The predicted octanol–water partition coefficient (Wildman–Crippen LogP) is 1.45. The number of hydrogen-bond donors (Lipinski definition) is 0. The smallest absolute Gasteiger partial charge is 0.232 e. The average molecular weight is 166 g/mol. The largest absolute Gasteiger partial charge is 0.285 e. The maximum atomic E-state index is 10.8. The second-order valence-corrected chi connectivity index (χ2v) is 3.41. The van der Waals surface area contributed by atoms with Gasteiger partial charge in [0.25, 0.3) is 0 Å². The van der Waals surface area contributed by atoms with Gasteiger partial charge in [0.2, 0.25) is 5.91 Å². The lowest BCUT2D eigenvalue weighted by atomic mass is 10.4. The van der Waals surface area contributed by atoms with Crippen molar-refractivity contribution in [2.45, 2.75) is 12.8 Å². The maximum Gasteiger partial charge on any atom is 0.232 e. The van der Waals surface area contributed by atoms with Gasteiger partial charge in [-0.2, -0.15) is 0 Å². The molecule has 1 amide bonds. The maximum absolute atomic E-state index is 10.8. The first-order chi connectivity index (χ1) is 4.34. The molecule has 9 heavy (non-hydrogen) atoms. The average Bonchev–Trinajstić information content (AvgIpc) is 2.18. The Morgan fingerprint density at radius 2 is 2.56 bits per heavy atom. The summed E-state index contributed by atoms with van der Waals surface area (Å²) in [7, 11) is 0. The highest BCUT2D eigenvalue weighted by atomic mass is 35.5. The van der Waals surface area contributed by atoms with E-state index in [4.69, 9.17) is 11.6 Å². The Kier molecular flexibility index (Phi) is 2.66. The van der Waals surface area contributed by atoms with Crippen LogP contribution in [-0.4, -0.2) is 22.0 Å². The summed E-state index contributed by atoms with van der Waals surface area (Å²) in [6.07, 6.45) is 1.69. The SMILES string of the molecule is O=C1CCCN1SCCl. The van der Waals surface area contributed by atoms with Crippen molar-refractivity contribution in [2.75, 3.05) is 11.8 Å². The highest BCUT2D eigenvalue weighted by Gasteiger charge is 2.19. The van der Waals surface area contributed by atoms with Gasteiger partial charge < -0.3 is 0 Å². The molecule has 0 aromatic carbocycles. The highest BCUT2D eigenvalue weighted by molar-refractivity contribution is 7.98. The summed E-state index contributed by atoms with van der Waals surface area (Å²) in [5.41, 5.74) is 0. The lowest BCUT2D eigenvalue weighted by Gasteiger charge is -2.10. The number of carbonyl (C=O) groups excluding carboxylic acids is 1. The second kappa shape index (κ2) is 3.32. The van der Waals surface area contributed by atoms with E-state index in [-0.39, 0.29) is 5.91 Å². The molecule has 0 spiro atoms. The third kappa shape index (κ3) is 1.76. The molecule has 0 radical (unpaired) electrons. The lowest BCUT2D eigenvalue weighted by molar-refractivity contribution is -0.123. The van der Waals surface area contributed by atoms with E-state index < -0.39 is 0 Å². The van der Waals surface area contributed by atoms with Gasteiger partial charge in [-0.25, -0.2) is 0 Å². The number of rotatable bonds is 2. The van der Waals surface area contributed by atoms with Crippen LogP contribution >= 0.6 is 23.5 Å². The molecule has 1 aliphatic rings. The molecule has 52 valence electrons. The Labute approximate surface area is 63.7 Å². The zero-order chi connectivity index (χ0) is 6.69. The number of alkyl halides is 1. The monoisotopic (exact) mass is 165 g/mol. The fourth-order valence-corrected chi connectivity index (χ4v) is 1.78. The van der Waals surface area contributed by atoms with Gasteiger partial charge in [0, 0.05) is 13.0 Å². The van der Waals surface area contributed by atoms with Crippen LogP contribution in [0.15, 0.2) is 0 Å². The molecule has 0 atom stereocenters. The highest BCUT2D eigenvalue weighted by Crippen LogP contribution is 2.19. The molecule has 1 aliphatic heterocycles. The standard InChI is InChI=1S/C5H8ClNOS/c6-4-9-7-3-1-2-5(7)8/h1-4H2. The zero-order valence-corrected chi connectivity index (χ0v) is 6.54. The van der Waals surface area contributed by atoms with Crippen LogP contribution in [0.1, 0.15) is 12.8 Å². The van der Waals surface area contributed by atoms with Crippen molar-refractivity contribution in [3.63, 3.8) is 0 Å². The van der Waals surface area contributed by atoms with Gasteiger partial charge in [0.15, 0.2) is 0 Å². The molecular weight excluding hydrogens is 158 g/mol. The van der Waals surface area contributed by atoms with Crippen molar-refractivity contribution in [2.24, 2.45) is 0 Å². The van der Waals surface area contributed by atoms with Crippen molar-refractivity contribution >= 4 is 29.5 Å². The molecule has 1 heterocycles. The Balaban J connectivity index is 2.31. The first-order valence-corrected chi connectivity index (χ1v) is 4.31. The zero-order valence-electron chi connectivity index (χ0n) is 4.97. The van der Waals surface area contributed by atoms with Crippen LogP contribution in [0.2, 0.25) is 0 Å². The van der Waals surface area contributed by atoms with Gasteiger partial charge >= 0.3 is 0 Å². The fraction of sp³-hybridized carbons (Fsp3) is 0.800. The lowest BCUT2D eigenvalue weighted by Crippen LogP contribution is -2.15. The number of hydrogen-bond acceptors (Lipinski definition) is 2. The van der Waals surface area contributed by atoms with Crippen molar-refractivity contribution in [3.05, 3.63) is 0 Å². The summed E-state index contributed by atoms with van der Waals surface area (Å²) in [5.74, 6) is 0.223. The Bertz CT molecular complexity index is 120. The van der Waals surface area contributed by atoms with E-state index in [0.717, 1.165) is 13.0 Å². The second-order valence-electron chi connectivity index (χ2n) is 1.84. The topological polar surface area (TPSA) is 20.3 Å². The fourth-order valence-electron chi connectivity index (χ4n) is 0.819. The number of amides is 1. The van der Waals surface area contributed by atoms with Gasteiger partial charge in [-0.1, -0.05) is 0 Å². The van der Waals surface area contributed by atoms with E-state index in [2.05, 4.69) is 0 Å². The third-order valence-electron chi connectivity index (χ3n) is 1.23. The van der Waals surface area contributed by atoms with Crippen LogP contribution in [-0.2, 0) is 4.79 Å². The summed E-state index contributed by atoms with van der Waals surface area (Å²) in [5, 5.41) is 0.478. The summed E-state index contributed by atoms with van der Waals surface area (Å²) < 4.78 is 1.73. The van der Waals surface area contributed by atoms with E-state index in [1.807, 2.05) is 0 Å². The summed E-state index contributed by atoms with van der Waals surface area (Å²) in [6, 6.07) is 0. The van der Waals surface area contributed by atoms with Crippen LogP contribution < -0.4 is 0 Å². The molecule has 0 saturated carbocycles.